The normalized spacial score (nSPS) is 31.7. The van der Waals surface area contributed by atoms with Crippen LogP contribution in [0.25, 0.3) is 0 Å². The summed E-state index contributed by atoms with van der Waals surface area (Å²) in [7, 11) is 2.34. The lowest BCUT2D eigenvalue weighted by molar-refractivity contribution is 0.195. The van der Waals surface area contributed by atoms with Gasteiger partial charge in [0.05, 0.1) is 0 Å². The van der Waals surface area contributed by atoms with Gasteiger partial charge in [-0.1, -0.05) is 26.2 Å². The molecule has 2 fully saturated rings. The molecule has 2 saturated carbocycles. The summed E-state index contributed by atoms with van der Waals surface area (Å²) in [6.45, 7) is 4.69. The van der Waals surface area contributed by atoms with Crippen molar-refractivity contribution in [3.8, 4) is 0 Å². The van der Waals surface area contributed by atoms with Gasteiger partial charge in [0.25, 0.3) is 0 Å². The topological polar surface area (TPSA) is 15.3 Å². The quantitative estimate of drug-likeness (QED) is 0.772. The van der Waals surface area contributed by atoms with Crippen LogP contribution in [-0.2, 0) is 0 Å². The van der Waals surface area contributed by atoms with Gasteiger partial charge in [-0.15, -0.1) is 0 Å². The van der Waals surface area contributed by atoms with Crippen molar-refractivity contribution in [2.24, 2.45) is 5.92 Å². The van der Waals surface area contributed by atoms with Crippen LogP contribution in [0.5, 0.6) is 0 Å². The Labute approximate surface area is 101 Å². The summed E-state index contributed by atoms with van der Waals surface area (Å²) in [5.41, 5.74) is 0. The molecule has 0 aliphatic heterocycles. The summed E-state index contributed by atoms with van der Waals surface area (Å²) < 4.78 is 0. The fourth-order valence-electron chi connectivity index (χ4n) is 3.65. The van der Waals surface area contributed by atoms with E-state index < -0.39 is 0 Å². The summed E-state index contributed by atoms with van der Waals surface area (Å²) in [6.07, 6.45) is 10.1. The average molecular weight is 224 g/mol. The van der Waals surface area contributed by atoms with Gasteiger partial charge in [0, 0.05) is 18.6 Å². The van der Waals surface area contributed by atoms with E-state index in [-0.39, 0.29) is 0 Å². The minimum atomic E-state index is 0.800. The van der Waals surface area contributed by atoms with Crippen molar-refractivity contribution in [1.29, 1.82) is 0 Å². The van der Waals surface area contributed by atoms with E-state index in [9.17, 15) is 0 Å². The van der Waals surface area contributed by atoms with Crippen LogP contribution in [0.15, 0.2) is 0 Å². The van der Waals surface area contributed by atoms with Crippen molar-refractivity contribution in [2.75, 3.05) is 20.1 Å². The first-order chi connectivity index (χ1) is 7.81. The largest absolute Gasteiger partial charge is 0.314 e. The molecule has 2 unspecified atom stereocenters. The zero-order valence-corrected chi connectivity index (χ0v) is 11.0. The van der Waals surface area contributed by atoms with Crippen LogP contribution < -0.4 is 5.32 Å². The first kappa shape index (κ1) is 12.4. The lowest BCUT2D eigenvalue weighted by Crippen LogP contribution is -2.40. The number of nitrogens with one attached hydrogen (secondary N) is 1. The smallest absolute Gasteiger partial charge is 0.0107 e. The maximum atomic E-state index is 3.66. The Bertz CT molecular complexity index is 199. The van der Waals surface area contributed by atoms with Gasteiger partial charge in [-0.05, 0) is 45.2 Å². The van der Waals surface area contributed by atoms with Crippen molar-refractivity contribution in [1.82, 2.24) is 10.2 Å². The molecule has 2 aliphatic carbocycles. The molecule has 0 radical (unpaired) electrons. The monoisotopic (exact) mass is 224 g/mol. The van der Waals surface area contributed by atoms with Gasteiger partial charge in [0.15, 0.2) is 0 Å². The van der Waals surface area contributed by atoms with E-state index in [1.807, 2.05) is 0 Å². The first-order valence-electron chi connectivity index (χ1n) is 7.25. The molecule has 1 N–H and O–H groups in total. The fraction of sp³-hybridized carbons (Fsp3) is 1.00. The Morgan fingerprint density at radius 3 is 2.50 bits per heavy atom. The number of hydrogen-bond acceptors (Lipinski definition) is 2. The van der Waals surface area contributed by atoms with Crippen LogP contribution >= 0.6 is 0 Å². The molecular formula is C14H28N2. The van der Waals surface area contributed by atoms with Crippen molar-refractivity contribution in [3.05, 3.63) is 0 Å². The average Bonchev–Trinajstić information content (AvgIpc) is 2.90. The van der Waals surface area contributed by atoms with E-state index in [0.717, 1.165) is 24.5 Å². The number of rotatable bonds is 5. The third-order valence-electron chi connectivity index (χ3n) is 4.60. The van der Waals surface area contributed by atoms with E-state index in [1.165, 1.54) is 51.5 Å². The van der Waals surface area contributed by atoms with E-state index in [2.05, 4.69) is 24.2 Å². The van der Waals surface area contributed by atoms with Gasteiger partial charge in [-0.25, -0.2) is 0 Å². The molecule has 2 nitrogen and oxygen atoms in total. The molecule has 2 atom stereocenters. The first-order valence-corrected chi connectivity index (χ1v) is 7.25. The predicted octanol–water partition coefficient (Wildman–Crippen LogP) is 2.64. The molecule has 0 aromatic carbocycles. The Balaban J connectivity index is 1.78. The van der Waals surface area contributed by atoms with Gasteiger partial charge in [-0.3, -0.25) is 0 Å². The Morgan fingerprint density at radius 1 is 1.06 bits per heavy atom. The minimum Gasteiger partial charge on any atom is -0.314 e. The van der Waals surface area contributed by atoms with E-state index in [0.29, 0.717) is 0 Å². The molecule has 2 heteroatoms. The van der Waals surface area contributed by atoms with Crippen molar-refractivity contribution >= 4 is 0 Å². The van der Waals surface area contributed by atoms with Crippen molar-refractivity contribution in [3.63, 3.8) is 0 Å². The molecule has 2 rings (SSSR count). The summed E-state index contributed by atoms with van der Waals surface area (Å²) in [4.78, 5) is 2.65. The van der Waals surface area contributed by atoms with Gasteiger partial charge < -0.3 is 10.2 Å². The van der Waals surface area contributed by atoms with Crippen LogP contribution in [0, 0.1) is 5.92 Å². The third kappa shape index (κ3) is 2.98. The van der Waals surface area contributed by atoms with Gasteiger partial charge in [-0.2, -0.15) is 0 Å². The van der Waals surface area contributed by atoms with Crippen molar-refractivity contribution in [2.45, 2.75) is 64.0 Å². The SMILES string of the molecule is CCNC1CCCC1CN(C)C1CCCC1. The number of nitrogens with zero attached hydrogens (tertiary/aromatic N) is 1. The molecule has 2 aliphatic rings. The summed E-state index contributed by atoms with van der Waals surface area (Å²) >= 11 is 0. The van der Waals surface area contributed by atoms with Crippen LogP contribution in [0.3, 0.4) is 0 Å². The molecule has 0 spiro atoms. The number of hydrogen-bond donors (Lipinski definition) is 1. The zero-order chi connectivity index (χ0) is 11.4. The minimum absolute atomic E-state index is 0.800. The highest BCUT2D eigenvalue weighted by molar-refractivity contribution is 4.86. The highest BCUT2D eigenvalue weighted by Crippen LogP contribution is 2.29. The lowest BCUT2D eigenvalue weighted by Gasteiger charge is -2.30. The molecule has 0 heterocycles. The maximum absolute atomic E-state index is 3.66. The molecule has 16 heavy (non-hydrogen) atoms. The molecule has 0 saturated heterocycles. The zero-order valence-electron chi connectivity index (χ0n) is 11.0. The molecule has 0 aromatic heterocycles. The molecule has 0 amide bonds. The second-order valence-electron chi connectivity index (χ2n) is 5.73. The summed E-state index contributed by atoms with van der Waals surface area (Å²) in [5.74, 6) is 0.908. The Kier molecular flexibility index (Phi) is 4.66. The van der Waals surface area contributed by atoms with Crippen molar-refractivity contribution < 1.29 is 0 Å². The van der Waals surface area contributed by atoms with E-state index in [4.69, 9.17) is 0 Å². The molecule has 0 bridgehead atoms. The second kappa shape index (κ2) is 6.02. The standard InChI is InChI=1S/C14H28N2/c1-3-15-14-10-6-7-12(14)11-16(2)13-8-4-5-9-13/h12-15H,3-11H2,1-2H3. The third-order valence-corrected chi connectivity index (χ3v) is 4.60. The van der Waals surface area contributed by atoms with Gasteiger partial charge >= 0.3 is 0 Å². The molecular weight excluding hydrogens is 196 g/mol. The summed E-state index contributed by atoms with van der Waals surface area (Å²) in [5, 5.41) is 3.66. The summed E-state index contributed by atoms with van der Waals surface area (Å²) in [6, 6.07) is 1.69. The highest BCUT2D eigenvalue weighted by atomic mass is 15.1. The molecule has 0 aromatic rings. The van der Waals surface area contributed by atoms with E-state index >= 15 is 0 Å². The van der Waals surface area contributed by atoms with Gasteiger partial charge in [0.2, 0.25) is 0 Å². The Morgan fingerprint density at radius 2 is 1.81 bits per heavy atom. The van der Waals surface area contributed by atoms with Crippen LogP contribution in [0.2, 0.25) is 0 Å². The van der Waals surface area contributed by atoms with Crippen LogP contribution in [-0.4, -0.2) is 37.1 Å². The fourth-order valence-corrected chi connectivity index (χ4v) is 3.65. The lowest BCUT2D eigenvalue weighted by atomic mass is 10.0. The Hall–Kier alpha value is -0.0800. The van der Waals surface area contributed by atoms with Crippen LogP contribution in [0.4, 0.5) is 0 Å². The van der Waals surface area contributed by atoms with Gasteiger partial charge in [0.1, 0.15) is 0 Å². The molecule has 94 valence electrons. The van der Waals surface area contributed by atoms with E-state index in [1.54, 1.807) is 0 Å². The maximum Gasteiger partial charge on any atom is 0.0107 e. The predicted molar refractivity (Wildman–Crippen MR) is 69.7 cm³/mol. The van der Waals surface area contributed by atoms with Crippen LogP contribution in [0.1, 0.15) is 51.9 Å². The second-order valence-corrected chi connectivity index (χ2v) is 5.73. The highest BCUT2D eigenvalue weighted by Gasteiger charge is 2.29.